The molecule has 2 N–H and O–H groups in total. The summed E-state index contributed by atoms with van der Waals surface area (Å²) >= 11 is 5.39. The zero-order valence-corrected chi connectivity index (χ0v) is 11.9. The number of alkyl halides is 7. The van der Waals surface area contributed by atoms with Crippen molar-refractivity contribution in [3.63, 3.8) is 0 Å². The SMILES string of the molecule is C[C@@H]1OC(O)(Cl)C[C@H](NC(=O)C(F)(F)F)[C@H]1OC(=O)C(F)(F)F. The molecule has 0 aromatic carbocycles. The maximum atomic E-state index is 12.2. The second-order valence-corrected chi connectivity index (χ2v) is 5.25. The quantitative estimate of drug-likeness (QED) is 0.432. The molecular weight excluding hydrogens is 364 g/mol. The summed E-state index contributed by atoms with van der Waals surface area (Å²) in [6.45, 7) is 0.994. The third-order valence-corrected chi connectivity index (χ3v) is 2.99. The maximum absolute atomic E-state index is 12.2. The van der Waals surface area contributed by atoms with Crippen LogP contribution in [-0.2, 0) is 19.1 Å². The number of nitrogens with one attached hydrogen (secondary N) is 1. The van der Waals surface area contributed by atoms with Crippen molar-refractivity contribution in [2.24, 2.45) is 0 Å². The van der Waals surface area contributed by atoms with Crippen LogP contribution in [0.3, 0.4) is 0 Å². The van der Waals surface area contributed by atoms with Crippen LogP contribution >= 0.6 is 11.6 Å². The molecule has 4 atom stereocenters. The smallest absolute Gasteiger partial charge is 0.451 e. The van der Waals surface area contributed by atoms with Crippen LogP contribution < -0.4 is 5.32 Å². The molecule has 0 aromatic rings. The van der Waals surface area contributed by atoms with E-state index < -0.39 is 54.1 Å². The largest absolute Gasteiger partial charge is 0.490 e. The summed E-state index contributed by atoms with van der Waals surface area (Å²) in [6, 6.07) is -1.86. The molecule has 13 heteroatoms. The number of ether oxygens (including phenoxy) is 2. The highest BCUT2D eigenvalue weighted by Crippen LogP contribution is 2.33. The van der Waals surface area contributed by atoms with E-state index >= 15 is 0 Å². The monoisotopic (exact) mass is 373 g/mol. The van der Waals surface area contributed by atoms with Crippen molar-refractivity contribution < 1.29 is 50.5 Å². The van der Waals surface area contributed by atoms with Gasteiger partial charge in [-0.1, -0.05) is 11.6 Å². The first-order valence-corrected chi connectivity index (χ1v) is 6.26. The molecule has 1 unspecified atom stereocenters. The van der Waals surface area contributed by atoms with Crippen LogP contribution in [0.5, 0.6) is 0 Å². The van der Waals surface area contributed by atoms with Crippen molar-refractivity contribution in [1.29, 1.82) is 0 Å². The topological polar surface area (TPSA) is 84.9 Å². The number of aliphatic hydroxyl groups is 1. The lowest BCUT2D eigenvalue weighted by atomic mass is 9.99. The van der Waals surface area contributed by atoms with E-state index in [9.17, 15) is 41.0 Å². The Balaban J connectivity index is 2.98. The van der Waals surface area contributed by atoms with Crippen molar-refractivity contribution in [1.82, 2.24) is 5.32 Å². The van der Waals surface area contributed by atoms with Gasteiger partial charge in [-0.05, 0) is 6.92 Å². The number of halogens is 7. The van der Waals surface area contributed by atoms with E-state index in [-0.39, 0.29) is 0 Å². The predicted octanol–water partition coefficient (Wildman–Crippen LogP) is 1.20. The van der Waals surface area contributed by atoms with Gasteiger partial charge in [0.2, 0.25) is 5.25 Å². The van der Waals surface area contributed by atoms with Crippen molar-refractivity contribution in [2.45, 2.75) is 49.2 Å². The number of rotatable bonds is 2. The molecule has 0 spiro atoms. The molecule has 1 saturated heterocycles. The fourth-order valence-electron chi connectivity index (χ4n) is 1.87. The molecule has 0 aromatic heterocycles. The molecule has 1 aliphatic rings. The lowest BCUT2D eigenvalue weighted by molar-refractivity contribution is -0.252. The van der Waals surface area contributed by atoms with E-state index in [1.165, 1.54) is 5.32 Å². The minimum absolute atomic E-state index is 0.948. The highest BCUT2D eigenvalue weighted by Gasteiger charge is 2.51. The van der Waals surface area contributed by atoms with Gasteiger partial charge in [-0.25, -0.2) is 4.79 Å². The molecule has 6 nitrogen and oxygen atoms in total. The first kappa shape index (κ1) is 19.8. The van der Waals surface area contributed by atoms with Crippen LogP contribution in [0.25, 0.3) is 0 Å². The molecule has 1 fully saturated rings. The maximum Gasteiger partial charge on any atom is 0.490 e. The highest BCUT2D eigenvalue weighted by atomic mass is 35.5. The Morgan fingerprint density at radius 3 is 2.22 bits per heavy atom. The van der Waals surface area contributed by atoms with Crippen LogP contribution in [0.1, 0.15) is 13.3 Å². The third kappa shape index (κ3) is 5.39. The van der Waals surface area contributed by atoms with E-state index in [1.807, 2.05) is 0 Å². The zero-order chi connectivity index (χ0) is 18.2. The summed E-state index contributed by atoms with van der Waals surface area (Å²) in [5, 5.41) is 8.26. The molecule has 1 amide bonds. The van der Waals surface area contributed by atoms with E-state index in [4.69, 9.17) is 11.6 Å². The van der Waals surface area contributed by atoms with Gasteiger partial charge in [-0.15, -0.1) is 0 Å². The number of hydrogen-bond donors (Lipinski definition) is 2. The van der Waals surface area contributed by atoms with Gasteiger partial charge in [-0.2, -0.15) is 26.3 Å². The average Bonchev–Trinajstić information content (AvgIpc) is 2.29. The lowest BCUT2D eigenvalue weighted by Gasteiger charge is -2.41. The fraction of sp³-hybridized carbons (Fsp3) is 0.800. The van der Waals surface area contributed by atoms with E-state index in [0.29, 0.717) is 0 Å². The van der Waals surface area contributed by atoms with Gasteiger partial charge in [0, 0.05) is 6.42 Å². The normalized spacial score (nSPS) is 32.3. The summed E-state index contributed by atoms with van der Waals surface area (Å²) < 4.78 is 82.0. The van der Waals surface area contributed by atoms with Crippen LogP contribution in [0.2, 0.25) is 0 Å². The van der Waals surface area contributed by atoms with E-state index in [2.05, 4.69) is 9.47 Å². The van der Waals surface area contributed by atoms with Crippen molar-refractivity contribution in [3.05, 3.63) is 0 Å². The zero-order valence-electron chi connectivity index (χ0n) is 11.2. The van der Waals surface area contributed by atoms with Crippen LogP contribution in [-0.4, -0.2) is 52.8 Å². The Kier molecular flexibility index (Phi) is 5.43. The first-order valence-electron chi connectivity index (χ1n) is 5.88. The molecule has 0 aliphatic carbocycles. The third-order valence-electron chi connectivity index (χ3n) is 2.75. The minimum atomic E-state index is -5.41. The van der Waals surface area contributed by atoms with Crippen molar-refractivity contribution >= 4 is 23.5 Å². The van der Waals surface area contributed by atoms with Crippen LogP contribution in [0.4, 0.5) is 26.3 Å². The molecular formula is C10H10ClF6NO5. The Morgan fingerprint density at radius 1 is 1.26 bits per heavy atom. The van der Waals surface area contributed by atoms with Gasteiger partial charge in [0.1, 0.15) is 6.10 Å². The fourth-order valence-corrected chi connectivity index (χ4v) is 2.17. The second-order valence-electron chi connectivity index (χ2n) is 4.66. The molecule has 134 valence electrons. The Bertz CT molecular complexity index is 479. The number of carbonyl (C=O) groups is 2. The molecule has 1 aliphatic heterocycles. The Hall–Kier alpha value is -1.27. The summed E-state index contributed by atoms with van der Waals surface area (Å²) in [5.74, 6) is -5.19. The summed E-state index contributed by atoms with van der Waals surface area (Å²) in [7, 11) is 0. The molecule has 1 rings (SSSR count). The highest BCUT2D eigenvalue weighted by molar-refractivity contribution is 6.21. The standard InChI is InChI=1S/C10H10ClF6NO5/c1-3-5(22-7(20)10(15,16)17)4(2-8(11,21)23-3)18-6(19)9(12,13)14/h3-5,21H,2H2,1H3,(H,18,19)/t3-,4-,5-,8?/m0/s1. The van der Waals surface area contributed by atoms with Gasteiger partial charge >= 0.3 is 24.2 Å². The van der Waals surface area contributed by atoms with Gasteiger partial charge in [0.05, 0.1) is 12.1 Å². The molecule has 0 radical (unpaired) electrons. The number of amides is 1. The van der Waals surface area contributed by atoms with Gasteiger partial charge in [0.25, 0.3) is 0 Å². The van der Waals surface area contributed by atoms with E-state index in [1.54, 1.807) is 0 Å². The molecule has 23 heavy (non-hydrogen) atoms. The van der Waals surface area contributed by atoms with E-state index in [0.717, 1.165) is 6.92 Å². The van der Waals surface area contributed by atoms with Gasteiger partial charge in [-0.3, -0.25) is 4.79 Å². The van der Waals surface area contributed by atoms with Crippen molar-refractivity contribution in [2.75, 3.05) is 0 Å². The predicted molar refractivity (Wildman–Crippen MR) is 59.9 cm³/mol. The Labute approximate surface area is 129 Å². The number of hydrogen-bond acceptors (Lipinski definition) is 5. The summed E-state index contributed by atoms with van der Waals surface area (Å²) in [4.78, 5) is 21.7. The molecule has 0 bridgehead atoms. The Morgan fingerprint density at radius 2 is 1.78 bits per heavy atom. The van der Waals surface area contributed by atoms with Crippen LogP contribution in [0, 0.1) is 0 Å². The van der Waals surface area contributed by atoms with Gasteiger partial charge in [0.15, 0.2) is 0 Å². The van der Waals surface area contributed by atoms with Gasteiger partial charge < -0.3 is 19.9 Å². The lowest BCUT2D eigenvalue weighted by Crippen LogP contribution is -2.61. The average molecular weight is 374 g/mol. The minimum Gasteiger partial charge on any atom is -0.451 e. The molecule has 1 heterocycles. The van der Waals surface area contributed by atoms with Crippen molar-refractivity contribution in [3.8, 4) is 0 Å². The van der Waals surface area contributed by atoms with Crippen LogP contribution in [0.15, 0.2) is 0 Å². The number of esters is 1. The number of carbonyl (C=O) groups excluding carboxylic acids is 2. The first-order chi connectivity index (χ1) is 10.1. The summed E-state index contributed by atoms with van der Waals surface area (Å²) in [6.07, 6.45) is -15.2. The second kappa shape index (κ2) is 6.32. The molecule has 0 saturated carbocycles. The summed E-state index contributed by atoms with van der Waals surface area (Å²) in [5.41, 5.74) is 0.